The van der Waals surface area contributed by atoms with E-state index in [0.29, 0.717) is 16.2 Å². The highest BCUT2D eigenvalue weighted by atomic mass is 35.5. The summed E-state index contributed by atoms with van der Waals surface area (Å²) in [6, 6.07) is 13.4. The quantitative estimate of drug-likeness (QED) is 0.594. The lowest BCUT2D eigenvalue weighted by atomic mass is 9.80. The van der Waals surface area contributed by atoms with E-state index >= 15 is 0 Å². The molecule has 0 aromatic heterocycles. The van der Waals surface area contributed by atoms with Gasteiger partial charge in [0.05, 0.1) is 0 Å². The van der Waals surface area contributed by atoms with Crippen molar-refractivity contribution in [3.8, 4) is 0 Å². The number of halogens is 1. The molecular formula is C15H13BClNO3. The predicted molar refractivity (Wildman–Crippen MR) is 85.4 cm³/mol. The lowest BCUT2D eigenvalue weighted by Gasteiger charge is -2.05. The second-order valence-electron chi connectivity index (χ2n) is 4.37. The molecule has 0 atom stereocenters. The number of rotatable bonds is 4. The summed E-state index contributed by atoms with van der Waals surface area (Å²) in [6.45, 7) is 0. The van der Waals surface area contributed by atoms with Crippen molar-refractivity contribution in [1.82, 2.24) is 0 Å². The van der Waals surface area contributed by atoms with Gasteiger partial charge in [-0.05, 0) is 41.4 Å². The van der Waals surface area contributed by atoms with Crippen LogP contribution in [0.15, 0.2) is 54.6 Å². The fourth-order valence-electron chi connectivity index (χ4n) is 1.71. The summed E-state index contributed by atoms with van der Waals surface area (Å²) in [4.78, 5) is 11.8. The number of hydrogen-bond acceptors (Lipinski definition) is 3. The Kier molecular flexibility index (Phi) is 5.17. The zero-order valence-electron chi connectivity index (χ0n) is 11.0. The van der Waals surface area contributed by atoms with E-state index in [-0.39, 0.29) is 5.91 Å². The zero-order chi connectivity index (χ0) is 15.2. The first-order valence-corrected chi connectivity index (χ1v) is 6.63. The Morgan fingerprint density at radius 3 is 2.52 bits per heavy atom. The maximum atomic E-state index is 11.8. The molecule has 0 aliphatic carbocycles. The van der Waals surface area contributed by atoms with Crippen LogP contribution in [0.4, 0.5) is 5.69 Å². The molecule has 1 amide bonds. The largest absolute Gasteiger partial charge is 0.488 e. The maximum absolute atomic E-state index is 11.8. The van der Waals surface area contributed by atoms with E-state index in [0.717, 1.165) is 5.56 Å². The Labute approximate surface area is 127 Å². The van der Waals surface area contributed by atoms with Crippen molar-refractivity contribution in [1.29, 1.82) is 0 Å². The number of carbonyl (C=O) groups is 1. The summed E-state index contributed by atoms with van der Waals surface area (Å²) in [6.07, 6.45) is 3.06. The normalized spacial score (nSPS) is 10.6. The van der Waals surface area contributed by atoms with Gasteiger partial charge in [-0.15, -0.1) is 0 Å². The van der Waals surface area contributed by atoms with Gasteiger partial charge in [0, 0.05) is 16.8 Å². The van der Waals surface area contributed by atoms with Gasteiger partial charge in [-0.3, -0.25) is 4.79 Å². The van der Waals surface area contributed by atoms with E-state index in [2.05, 4.69) is 5.32 Å². The molecule has 3 N–H and O–H groups in total. The van der Waals surface area contributed by atoms with Gasteiger partial charge in [0.15, 0.2) is 0 Å². The summed E-state index contributed by atoms with van der Waals surface area (Å²) in [5.41, 5.74) is 1.66. The molecule has 0 bridgehead atoms. The fourth-order valence-corrected chi connectivity index (χ4v) is 1.83. The molecule has 21 heavy (non-hydrogen) atoms. The van der Waals surface area contributed by atoms with E-state index in [1.807, 2.05) is 0 Å². The molecular weight excluding hydrogens is 288 g/mol. The Morgan fingerprint density at radius 1 is 1.14 bits per heavy atom. The van der Waals surface area contributed by atoms with E-state index in [4.69, 9.17) is 21.6 Å². The maximum Gasteiger partial charge on any atom is 0.488 e. The summed E-state index contributed by atoms with van der Waals surface area (Å²) in [5.74, 6) is -0.311. The first-order valence-electron chi connectivity index (χ1n) is 6.25. The number of nitrogens with one attached hydrogen (secondary N) is 1. The molecule has 0 saturated carbocycles. The molecule has 0 aliphatic heterocycles. The minimum Gasteiger partial charge on any atom is -0.423 e. The smallest absolute Gasteiger partial charge is 0.423 e. The molecule has 2 aromatic carbocycles. The van der Waals surface area contributed by atoms with Crippen molar-refractivity contribution in [2.24, 2.45) is 0 Å². The minimum atomic E-state index is -1.56. The molecule has 0 saturated heterocycles. The van der Waals surface area contributed by atoms with Crippen LogP contribution in [0, 0.1) is 0 Å². The lowest BCUT2D eigenvalue weighted by molar-refractivity contribution is -0.111. The molecule has 0 spiro atoms. The van der Waals surface area contributed by atoms with Crippen molar-refractivity contribution in [3.05, 3.63) is 65.2 Å². The van der Waals surface area contributed by atoms with Crippen LogP contribution < -0.4 is 10.8 Å². The number of hydrogen-bond donors (Lipinski definition) is 3. The summed E-state index contributed by atoms with van der Waals surface area (Å²) < 4.78 is 0. The Hall–Kier alpha value is -2.08. The Morgan fingerprint density at radius 2 is 1.86 bits per heavy atom. The SMILES string of the molecule is O=C(/C=C/c1ccc(Cl)cc1)Nc1cccc(B(O)O)c1. The number of anilines is 1. The third-order valence-electron chi connectivity index (χ3n) is 2.75. The number of carbonyl (C=O) groups excluding carboxylic acids is 1. The highest BCUT2D eigenvalue weighted by Gasteiger charge is 2.10. The topological polar surface area (TPSA) is 69.6 Å². The van der Waals surface area contributed by atoms with Crippen LogP contribution in [-0.4, -0.2) is 23.1 Å². The van der Waals surface area contributed by atoms with Crippen LogP contribution in [0.3, 0.4) is 0 Å². The van der Waals surface area contributed by atoms with Crippen molar-refractivity contribution in [3.63, 3.8) is 0 Å². The van der Waals surface area contributed by atoms with Crippen LogP contribution in [0.2, 0.25) is 5.02 Å². The van der Waals surface area contributed by atoms with Gasteiger partial charge in [-0.2, -0.15) is 0 Å². The third-order valence-corrected chi connectivity index (χ3v) is 3.00. The molecule has 0 radical (unpaired) electrons. The van der Waals surface area contributed by atoms with Crippen molar-refractivity contribution in [2.75, 3.05) is 5.32 Å². The Balaban J connectivity index is 2.01. The zero-order valence-corrected chi connectivity index (χ0v) is 11.8. The second-order valence-corrected chi connectivity index (χ2v) is 4.81. The average molecular weight is 302 g/mol. The summed E-state index contributed by atoms with van der Waals surface area (Å²) >= 11 is 5.78. The van der Waals surface area contributed by atoms with E-state index in [1.165, 1.54) is 12.1 Å². The highest BCUT2D eigenvalue weighted by Crippen LogP contribution is 2.11. The molecule has 0 fully saturated rings. The molecule has 0 aliphatic rings. The fraction of sp³-hybridized carbons (Fsp3) is 0. The first kappa shape index (κ1) is 15.3. The third kappa shape index (κ3) is 4.75. The molecule has 6 heteroatoms. The van der Waals surface area contributed by atoms with Crippen molar-refractivity contribution < 1.29 is 14.8 Å². The van der Waals surface area contributed by atoms with Crippen LogP contribution in [0.5, 0.6) is 0 Å². The second kappa shape index (κ2) is 7.08. The van der Waals surface area contributed by atoms with Gasteiger partial charge in [0.25, 0.3) is 0 Å². The van der Waals surface area contributed by atoms with E-state index < -0.39 is 7.12 Å². The lowest BCUT2D eigenvalue weighted by Crippen LogP contribution is -2.29. The standard InChI is InChI=1S/C15H13BClNO3/c17-13-7-4-11(5-8-13)6-9-15(19)18-14-3-1-2-12(10-14)16(20)21/h1-10,20-21H,(H,18,19)/b9-6+. The first-order chi connectivity index (χ1) is 10.0. The monoisotopic (exact) mass is 301 g/mol. The summed E-state index contributed by atoms with van der Waals surface area (Å²) in [5, 5.41) is 21.4. The average Bonchev–Trinajstić information content (AvgIpc) is 2.47. The molecule has 0 heterocycles. The molecule has 2 rings (SSSR count). The number of benzene rings is 2. The molecule has 106 valence electrons. The number of amides is 1. The predicted octanol–water partition coefficient (Wildman–Crippen LogP) is 1.67. The molecule has 0 unspecified atom stereocenters. The van der Waals surface area contributed by atoms with Crippen LogP contribution in [-0.2, 0) is 4.79 Å². The van der Waals surface area contributed by atoms with Crippen molar-refractivity contribution in [2.45, 2.75) is 0 Å². The van der Waals surface area contributed by atoms with Gasteiger partial charge in [0.2, 0.25) is 5.91 Å². The minimum absolute atomic E-state index is 0.311. The van der Waals surface area contributed by atoms with Crippen LogP contribution in [0.25, 0.3) is 6.08 Å². The van der Waals surface area contributed by atoms with Crippen LogP contribution >= 0.6 is 11.6 Å². The van der Waals surface area contributed by atoms with Crippen molar-refractivity contribution >= 4 is 41.9 Å². The van der Waals surface area contributed by atoms with Gasteiger partial charge in [-0.25, -0.2) is 0 Å². The highest BCUT2D eigenvalue weighted by molar-refractivity contribution is 6.58. The molecule has 2 aromatic rings. The van der Waals surface area contributed by atoms with Gasteiger partial charge < -0.3 is 15.4 Å². The van der Waals surface area contributed by atoms with Crippen LogP contribution in [0.1, 0.15) is 5.56 Å². The molecule has 4 nitrogen and oxygen atoms in total. The van der Waals surface area contributed by atoms with E-state index in [1.54, 1.807) is 48.5 Å². The van der Waals surface area contributed by atoms with Gasteiger partial charge in [0.1, 0.15) is 0 Å². The van der Waals surface area contributed by atoms with Gasteiger partial charge >= 0.3 is 7.12 Å². The van der Waals surface area contributed by atoms with Gasteiger partial charge in [-0.1, -0.05) is 35.9 Å². The summed E-state index contributed by atoms with van der Waals surface area (Å²) in [7, 11) is -1.56. The van der Waals surface area contributed by atoms with E-state index in [9.17, 15) is 4.79 Å². The Bertz CT molecular complexity index is 656.